The summed E-state index contributed by atoms with van der Waals surface area (Å²) in [4.78, 5) is 35.5. The predicted octanol–water partition coefficient (Wildman–Crippen LogP) is 15.1. The second-order valence-corrected chi connectivity index (χ2v) is 19.3. The minimum Gasteiger partial charge on any atom is -0.462 e. The lowest BCUT2D eigenvalue weighted by molar-refractivity contribution is -0.870. The van der Waals surface area contributed by atoms with E-state index in [0.717, 1.165) is 57.8 Å². The van der Waals surface area contributed by atoms with Crippen LogP contribution in [0.5, 0.6) is 0 Å². The fraction of sp³-hybridized carbons (Fsp3) is 0.704. The molecule has 2 atom stereocenters. The Kier molecular flexibility index (Phi) is 43.4. The summed E-state index contributed by atoms with van der Waals surface area (Å²) in [6.45, 7) is 4.22. The van der Waals surface area contributed by atoms with Crippen molar-refractivity contribution < 1.29 is 42.1 Å². The average molecular weight is 917 g/mol. The number of hydrogen-bond acceptors (Lipinski definition) is 7. The van der Waals surface area contributed by atoms with Gasteiger partial charge in [0.1, 0.15) is 19.8 Å². The number of nitrogens with zero attached hydrogens (tertiary/aromatic N) is 1. The maximum atomic E-state index is 12.8. The van der Waals surface area contributed by atoms with Crippen molar-refractivity contribution in [3.05, 3.63) is 85.1 Å². The summed E-state index contributed by atoms with van der Waals surface area (Å²) in [6.07, 6.45) is 59.4. The Labute approximate surface area is 392 Å². The van der Waals surface area contributed by atoms with Crippen molar-refractivity contribution >= 4 is 19.8 Å². The van der Waals surface area contributed by atoms with Gasteiger partial charge in [-0.05, 0) is 77.0 Å². The third-order valence-corrected chi connectivity index (χ3v) is 11.4. The van der Waals surface area contributed by atoms with Crippen molar-refractivity contribution in [2.75, 3.05) is 47.5 Å². The van der Waals surface area contributed by atoms with Crippen LogP contribution in [0.1, 0.15) is 194 Å². The topological polar surface area (TPSA) is 108 Å². The number of hydrogen-bond donors (Lipinski definition) is 1. The number of phosphoric ester groups is 1. The van der Waals surface area contributed by atoms with Crippen LogP contribution in [0.2, 0.25) is 0 Å². The van der Waals surface area contributed by atoms with Crippen LogP contribution < -0.4 is 0 Å². The largest absolute Gasteiger partial charge is 0.472 e. The first kappa shape index (κ1) is 61.2. The van der Waals surface area contributed by atoms with Crippen molar-refractivity contribution in [3.63, 3.8) is 0 Å². The molecule has 0 saturated carbocycles. The SMILES string of the molecule is CC/C=C/C/C=C/C/C=C/C/C=C/C/C=C/C/C=C/CCC(=O)OC[C@H](COP(=O)(O)OCC[N+](C)(C)C)OC(=O)CCCCCCCCCCCCC/C=C/CCCCCCCC. The molecular weight excluding hydrogens is 822 g/mol. The molecule has 1 unspecified atom stereocenters. The zero-order valence-corrected chi connectivity index (χ0v) is 42.4. The predicted molar refractivity (Wildman–Crippen MR) is 270 cm³/mol. The number of rotatable bonds is 45. The third-order valence-electron chi connectivity index (χ3n) is 10.4. The molecule has 0 spiro atoms. The number of esters is 2. The third kappa shape index (κ3) is 48.6. The van der Waals surface area contributed by atoms with Crippen LogP contribution in [-0.2, 0) is 32.7 Å². The van der Waals surface area contributed by atoms with Crippen LogP contribution in [0.3, 0.4) is 0 Å². The lowest BCUT2D eigenvalue weighted by Gasteiger charge is -2.24. The van der Waals surface area contributed by atoms with E-state index in [0.29, 0.717) is 23.9 Å². The molecule has 0 heterocycles. The summed E-state index contributed by atoms with van der Waals surface area (Å²) < 4.78 is 34.3. The first-order valence-electron chi connectivity index (χ1n) is 25.3. The zero-order chi connectivity index (χ0) is 47.1. The van der Waals surface area contributed by atoms with Gasteiger partial charge < -0.3 is 18.9 Å². The van der Waals surface area contributed by atoms with Crippen LogP contribution in [0.4, 0.5) is 0 Å². The van der Waals surface area contributed by atoms with Gasteiger partial charge in [-0.15, -0.1) is 0 Å². The van der Waals surface area contributed by atoms with Crippen LogP contribution in [0, 0.1) is 0 Å². The second kappa shape index (κ2) is 45.4. The molecule has 9 nitrogen and oxygen atoms in total. The smallest absolute Gasteiger partial charge is 0.462 e. The molecule has 64 heavy (non-hydrogen) atoms. The van der Waals surface area contributed by atoms with E-state index in [2.05, 4.69) is 86.8 Å². The monoisotopic (exact) mass is 917 g/mol. The molecule has 10 heteroatoms. The molecular formula is C54H95NO8P+. The lowest BCUT2D eigenvalue weighted by Crippen LogP contribution is -2.37. The van der Waals surface area contributed by atoms with Crippen molar-refractivity contribution in [1.82, 2.24) is 0 Å². The molecule has 0 aromatic rings. The van der Waals surface area contributed by atoms with Crippen molar-refractivity contribution in [3.8, 4) is 0 Å². The van der Waals surface area contributed by atoms with Gasteiger partial charge in [0.25, 0.3) is 0 Å². The van der Waals surface area contributed by atoms with E-state index < -0.39 is 32.5 Å². The standard InChI is InChI=1S/C54H94NO8P/c1-6-8-10-12-14-16-18-20-22-24-26-27-29-31-33-35-37-39-41-43-45-47-54(57)63-52(51-62-64(58,59)61-49-48-55(3,4)5)50-60-53(56)46-44-42-40-38-36-34-32-30-28-25-23-21-19-17-15-13-11-9-7-2/h9,11,15,17,20-23,28,30,34,36,40,42,52H,6-8,10,12-14,16,18-19,24-27,29,31-33,35,37-39,41,43-51H2,1-5H3/p+1/b11-9+,17-15+,22-20+,23-21+,30-28+,36-34+,42-40+/t52-/m1/s1. The number of phosphoric acid groups is 1. The highest BCUT2D eigenvalue weighted by atomic mass is 31.2. The number of allylic oxidation sites excluding steroid dienone is 14. The molecule has 0 bridgehead atoms. The summed E-state index contributed by atoms with van der Waals surface area (Å²) in [5.74, 6) is -0.900. The number of carbonyl (C=O) groups excluding carboxylic acids is 2. The van der Waals surface area contributed by atoms with Gasteiger partial charge in [-0.1, -0.05) is 189 Å². The molecule has 0 aromatic heterocycles. The van der Waals surface area contributed by atoms with Gasteiger partial charge in [-0.3, -0.25) is 18.6 Å². The maximum Gasteiger partial charge on any atom is 0.472 e. The highest BCUT2D eigenvalue weighted by molar-refractivity contribution is 7.47. The summed E-state index contributed by atoms with van der Waals surface area (Å²) in [6, 6.07) is 0. The Morgan fingerprint density at radius 3 is 1.39 bits per heavy atom. The van der Waals surface area contributed by atoms with Gasteiger partial charge in [0.15, 0.2) is 6.10 Å². The average Bonchev–Trinajstić information content (AvgIpc) is 3.25. The quantitative estimate of drug-likeness (QED) is 0.0212. The van der Waals surface area contributed by atoms with E-state index in [1.807, 2.05) is 33.3 Å². The summed E-state index contributed by atoms with van der Waals surface area (Å²) >= 11 is 0. The number of quaternary nitrogens is 1. The van der Waals surface area contributed by atoms with E-state index in [1.165, 1.54) is 96.3 Å². The van der Waals surface area contributed by atoms with Gasteiger partial charge in [0.05, 0.1) is 27.7 Å². The molecule has 0 aliphatic carbocycles. The Bertz CT molecular complexity index is 1360. The fourth-order valence-corrected chi connectivity index (χ4v) is 7.25. The van der Waals surface area contributed by atoms with E-state index in [9.17, 15) is 19.0 Å². The van der Waals surface area contributed by atoms with Crippen LogP contribution in [-0.4, -0.2) is 74.9 Å². The van der Waals surface area contributed by atoms with E-state index in [-0.39, 0.29) is 26.1 Å². The minimum atomic E-state index is -4.40. The maximum absolute atomic E-state index is 12.8. The van der Waals surface area contributed by atoms with Gasteiger partial charge in [0, 0.05) is 12.8 Å². The number of ether oxygens (including phenoxy) is 2. The van der Waals surface area contributed by atoms with E-state index in [1.54, 1.807) is 0 Å². The van der Waals surface area contributed by atoms with Crippen LogP contribution >= 0.6 is 7.82 Å². The molecule has 0 radical (unpaired) electrons. The molecule has 0 aliphatic heterocycles. The van der Waals surface area contributed by atoms with Gasteiger partial charge in [-0.2, -0.15) is 0 Å². The Morgan fingerprint density at radius 2 is 0.922 bits per heavy atom. The number of unbranched alkanes of at least 4 members (excludes halogenated alkanes) is 17. The molecule has 0 aliphatic rings. The van der Waals surface area contributed by atoms with Crippen LogP contribution in [0.15, 0.2) is 85.1 Å². The van der Waals surface area contributed by atoms with E-state index in [4.69, 9.17) is 18.5 Å². The summed E-state index contributed by atoms with van der Waals surface area (Å²) in [7, 11) is 1.43. The van der Waals surface area contributed by atoms with E-state index >= 15 is 0 Å². The first-order valence-corrected chi connectivity index (χ1v) is 26.8. The van der Waals surface area contributed by atoms with Crippen molar-refractivity contribution in [1.29, 1.82) is 0 Å². The highest BCUT2D eigenvalue weighted by Gasteiger charge is 2.27. The molecule has 0 fully saturated rings. The molecule has 0 saturated heterocycles. The van der Waals surface area contributed by atoms with Crippen LogP contribution in [0.25, 0.3) is 0 Å². The second-order valence-electron chi connectivity index (χ2n) is 17.8. The molecule has 1 N–H and O–H groups in total. The first-order chi connectivity index (χ1) is 31.0. The number of carbonyl (C=O) groups is 2. The Balaban J connectivity index is 4.37. The Morgan fingerprint density at radius 1 is 0.500 bits per heavy atom. The molecule has 0 amide bonds. The molecule has 0 aromatic carbocycles. The fourth-order valence-electron chi connectivity index (χ4n) is 6.51. The summed E-state index contributed by atoms with van der Waals surface area (Å²) in [5.41, 5.74) is 0. The Hall–Kier alpha value is -2.81. The minimum absolute atomic E-state index is 0.0167. The van der Waals surface area contributed by atoms with Gasteiger partial charge in [0.2, 0.25) is 0 Å². The summed E-state index contributed by atoms with van der Waals surface area (Å²) in [5, 5.41) is 0. The molecule has 368 valence electrons. The van der Waals surface area contributed by atoms with Gasteiger partial charge >= 0.3 is 19.8 Å². The van der Waals surface area contributed by atoms with Gasteiger partial charge in [-0.25, -0.2) is 4.57 Å². The highest BCUT2D eigenvalue weighted by Crippen LogP contribution is 2.43. The normalized spacial score (nSPS) is 14.2. The number of likely N-dealkylation sites (N-methyl/N-ethyl adjacent to an activating group) is 1. The molecule has 0 rings (SSSR count). The zero-order valence-electron chi connectivity index (χ0n) is 41.5. The lowest BCUT2D eigenvalue weighted by atomic mass is 10.0. The van der Waals surface area contributed by atoms with Crippen molar-refractivity contribution in [2.45, 2.75) is 200 Å². The van der Waals surface area contributed by atoms with Crippen molar-refractivity contribution in [2.24, 2.45) is 0 Å².